The minimum atomic E-state index is 0.633. The zero-order valence-electron chi connectivity index (χ0n) is 12.3. The molecule has 1 aromatic carbocycles. The van der Waals surface area contributed by atoms with Gasteiger partial charge in [-0.1, -0.05) is 0 Å². The molecule has 0 unspecified atom stereocenters. The molecule has 5 nitrogen and oxygen atoms in total. The number of nitrogen functional groups attached to an aromatic ring is 1. The van der Waals surface area contributed by atoms with E-state index in [9.17, 15) is 0 Å². The molecule has 0 aliphatic carbocycles. The van der Waals surface area contributed by atoms with Crippen molar-refractivity contribution < 1.29 is 9.47 Å². The molecule has 0 amide bonds. The van der Waals surface area contributed by atoms with Crippen molar-refractivity contribution in [2.75, 3.05) is 26.5 Å². The molecule has 0 fully saturated rings. The van der Waals surface area contributed by atoms with Crippen molar-refractivity contribution in [1.82, 2.24) is 9.88 Å². The van der Waals surface area contributed by atoms with Crippen LogP contribution in [-0.2, 0) is 19.5 Å². The molecule has 1 aromatic heterocycles. The minimum absolute atomic E-state index is 0.633. The number of fused-ring (bicyclic) bond motifs is 1. The van der Waals surface area contributed by atoms with E-state index in [1.807, 2.05) is 6.20 Å². The largest absolute Gasteiger partial charge is 0.493 e. The highest BCUT2D eigenvalue weighted by Gasteiger charge is 2.20. The monoisotopic (exact) mass is 305 g/mol. The van der Waals surface area contributed by atoms with E-state index in [1.165, 1.54) is 16.0 Å². The Kier molecular flexibility index (Phi) is 3.98. The fourth-order valence-corrected chi connectivity index (χ4v) is 3.42. The third-order valence-electron chi connectivity index (χ3n) is 3.75. The maximum Gasteiger partial charge on any atom is 0.180 e. The molecule has 1 aliphatic heterocycles. The normalized spacial score (nSPS) is 14.8. The first-order chi connectivity index (χ1) is 10.2. The number of ether oxygens (including phenoxy) is 2. The van der Waals surface area contributed by atoms with Crippen molar-refractivity contribution in [2.24, 2.45) is 0 Å². The summed E-state index contributed by atoms with van der Waals surface area (Å²) in [6.07, 6.45) is 2.88. The van der Waals surface area contributed by atoms with Crippen molar-refractivity contribution in [1.29, 1.82) is 0 Å². The lowest BCUT2D eigenvalue weighted by molar-refractivity contribution is 0.246. The SMILES string of the molecule is COc1cc2c(cc1OC)CN(Cc1cnc(N)s1)CC2. The van der Waals surface area contributed by atoms with E-state index in [0.29, 0.717) is 5.13 Å². The predicted molar refractivity (Wildman–Crippen MR) is 83.9 cm³/mol. The second-order valence-corrected chi connectivity index (χ2v) is 6.25. The predicted octanol–water partition coefficient (Wildman–Crippen LogP) is 2.30. The van der Waals surface area contributed by atoms with Crippen LogP contribution in [0.25, 0.3) is 0 Å². The van der Waals surface area contributed by atoms with Crippen molar-refractivity contribution in [2.45, 2.75) is 19.5 Å². The fourth-order valence-electron chi connectivity index (χ4n) is 2.69. The third-order valence-corrected chi connectivity index (χ3v) is 4.56. The van der Waals surface area contributed by atoms with Gasteiger partial charge in [0.2, 0.25) is 0 Å². The standard InChI is InChI=1S/C15H19N3O2S/c1-19-13-5-10-3-4-18(8-11(10)6-14(13)20-2)9-12-7-17-15(16)21-12/h5-7H,3-4,8-9H2,1-2H3,(H2,16,17). The van der Waals surface area contributed by atoms with Crippen LogP contribution in [0.2, 0.25) is 0 Å². The number of anilines is 1. The summed E-state index contributed by atoms with van der Waals surface area (Å²) >= 11 is 1.56. The molecule has 21 heavy (non-hydrogen) atoms. The van der Waals surface area contributed by atoms with Gasteiger partial charge in [-0.05, 0) is 29.7 Å². The van der Waals surface area contributed by atoms with Gasteiger partial charge in [-0.3, -0.25) is 4.90 Å². The summed E-state index contributed by atoms with van der Waals surface area (Å²) in [5, 5.41) is 0.633. The highest BCUT2D eigenvalue weighted by Crippen LogP contribution is 2.33. The first kappa shape index (κ1) is 14.2. The molecule has 3 rings (SSSR count). The second-order valence-electron chi connectivity index (χ2n) is 5.10. The summed E-state index contributed by atoms with van der Waals surface area (Å²) < 4.78 is 10.8. The van der Waals surface area contributed by atoms with Gasteiger partial charge in [0.25, 0.3) is 0 Å². The molecule has 6 heteroatoms. The zero-order valence-corrected chi connectivity index (χ0v) is 13.1. The quantitative estimate of drug-likeness (QED) is 0.939. The average molecular weight is 305 g/mol. The van der Waals surface area contributed by atoms with Crippen LogP contribution in [0.15, 0.2) is 18.3 Å². The first-order valence-corrected chi connectivity index (χ1v) is 7.67. The number of aromatic nitrogens is 1. The molecule has 0 radical (unpaired) electrons. The van der Waals surface area contributed by atoms with Gasteiger partial charge in [-0.25, -0.2) is 4.98 Å². The van der Waals surface area contributed by atoms with E-state index in [0.717, 1.165) is 37.6 Å². The summed E-state index contributed by atoms with van der Waals surface area (Å²) in [4.78, 5) is 7.72. The molecule has 0 spiro atoms. The van der Waals surface area contributed by atoms with Crippen molar-refractivity contribution in [3.05, 3.63) is 34.3 Å². The topological polar surface area (TPSA) is 60.6 Å². The third kappa shape index (κ3) is 2.96. The smallest absolute Gasteiger partial charge is 0.180 e. The van der Waals surface area contributed by atoms with Gasteiger partial charge in [-0.2, -0.15) is 0 Å². The Balaban J connectivity index is 1.78. The summed E-state index contributed by atoms with van der Waals surface area (Å²) in [7, 11) is 3.35. The highest BCUT2D eigenvalue weighted by atomic mass is 32.1. The van der Waals surface area contributed by atoms with Crippen molar-refractivity contribution >= 4 is 16.5 Å². The lowest BCUT2D eigenvalue weighted by atomic mass is 9.99. The Morgan fingerprint density at radius 1 is 1.24 bits per heavy atom. The van der Waals surface area contributed by atoms with E-state index >= 15 is 0 Å². The number of benzene rings is 1. The summed E-state index contributed by atoms with van der Waals surface area (Å²) in [5.41, 5.74) is 8.33. The van der Waals surface area contributed by atoms with Crippen LogP contribution in [0.4, 0.5) is 5.13 Å². The maximum absolute atomic E-state index is 5.69. The van der Waals surface area contributed by atoms with Gasteiger partial charge in [0.05, 0.1) is 14.2 Å². The summed E-state index contributed by atoms with van der Waals surface area (Å²) in [6.45, 7) is 2.83. The van der Waals surface area contributed by atoms with E-state index < -0.39 is 0 Å². The number of nitrogens with zero attached hydrogens (tertiary/aromatic N) is 2. The van der Waals surface area contributed by atoms with Crippen LogP contribution >= 0.6 is 11.3 Å². The fraction of sp³-hybridized carbons (Fsp3) is 0.400. The molecule has 2 N–H and O–H groups in total. The molecule has 2 aromatic rings. The Hall–Kier alpha value is -1.79. The van der Waals surface area contributed by atoms with E-state index in [2.05, 4.69) is 22.0 Å². The minimum Gasteiger partial charge on any atom is -0.493 e. The Labute approximate surface area is 128 Å². The molecular weight excluding hydrogens is 286 g/mol. The van der Waals surface area contributed by atoms with Crippen LogP contribution < -0.4 is 15.2 Å². The maximum atomic E-state index is 5.69. The van der Waals surface area contributed by atoms with Crippen LogP contribution in [0, 0.1) is 0 Å². The Bertz CT molecular complexity index is 642. The van der Waals surface area contributed by atoms with Gasteiger partial charge in [0.15, 0.2) is 16.6 Å². The zero-order chi connectivity index (χ0) is 14.8. The molecule has 0 saturated heterocycles. The number of hydrogen-bond acceptors (Lipinski definition) is 6. The molecule has 1 aliphatic rings. The van der Waals surface area contributed by atoms with E-state index in [-0.39, 0.29) is 0 Å². The second kappa shape index (κ2) is 5.91. The number of nitrogens with two attached hydrogens (primary N) is 1. The molecule has 0 saturated carbocycles. The van der Waals surface area contributed by atoms with Crippen LogP contribution in [0.1, 0.15) is 16.0 Å². The average Bonchev–Trinajstić information content (AvgIpc) is 2.90. The van der Waals surface area contributed by atoms with Gasteiger partial charge in [0, 0.05) is 30.7 Å². The van der Waals surface area contributed by atoms with Crippen molar-refractivity contribution in [3.8, 4) is 11.5 Å². The first-order valence-electron chi connectivity index (χ1n) is 6.86. The summed E-state index contributed by atoms with van der Waals surface area (Å²) in [6, 6.07) is 4.18. The Morgan fingerprint density at radius 3 is 2.57 bits per heavy atom. The van der Waals surface area contributed by atoms with Crippen LogP contribution in [0.5, 0.6) is 11.5 Å². The number of rotatable bonds is 4. The van der Waals surface area contributed by atoms with E-state index in [4.69, 9.17) is 15.2 Å². The molecule has 0 bridgehead atoms. The number of methoxy groups -OCH3 is 2. The van der Waals surface area contributed by atoms with Crippen LogP contribution in [0.3, 0.4) is 0 Å². The van der Waals surface area contributed by atoms with Crippen LogP contribution in [-0.4, -0.2) is 30.6 Å². The van der Waals surface area contributed by atoms with Gasteiger partial charge >= 0.3 is 0 Å². The molecule has 112 valence electrons. The Morgan fingerprint density at radius 2 is 1.95 bits per heavy atom. The highest BCUT2D eigenvalue weighted by molar-refractivity contribution is 7.15. The van der Waals surface area contributed by atoms with Gasteiger partial charge in [0.1, 0.15) is 0 Å². The molecular formula is C15H19N3O2S. The summed E-state index contributed by atoms with van der Waals surface area (Å²) in [5.74, 6) is 1.60. The lowest BCUT2D eigenvalue weighted by Gasteiger charge is -2.29. The molecule has 2 heterocycles. The van der Waals surface area contributed by atoms with Crippen molar-refractivity contribution in [3.63, 3.8) is 0 Å². The number of hydrogen-bond donors (Lipinski definition) is 1. The lowest BCUT2D eigenvalue weighted by Crippen LogP contribution is -2.29. The van der Waals surface area contributed by atoms with Gasteiger partial charge in [-0.15, -0.1) is 11.3 Å². The van der Waals surface area contributed by atoms with Gasteiger partial charge < -0.3 is 15.2 Å². The molecule has 0 atom stereocenters. The number of thiazole rings is 1. The van der Waals surface area contributed by atoms with E-state index in [1.54, 1.807) is 25.6 Å².